The first-order valence-electron chi connectivity index (χ1n) is 5.81. The molecule has 1 heterocycles. The van der Waals surface area contributed by atoms with Crippen LogP contribution in [0, 0.1) is 10.6 Å². The molecule has 3 aromatic rings. The summed E-state index contributed by atoms with van der Waals surface area (Å²) in [7, 11) is 0. The van der Waals surface area contributed by atoms with Crippen LogP contribution >= 0.6 is 12.2 Å². The normalized spacial score (nSPS) is 10.8. The number of halogens is 1. The second-order valence-electron chi connectivity index (χ2n) is 4.25. The maximum absolute atomic E-state index is 13.8. The predicted octanol–water partition coefficient (Wildman–Crippen LogP) is 2.89. The van der Waals surface area contributed by atoms with Gasteiger partial charge < -0.3 is 10.1 Å². The first-order chi connectivity index (χ1) is 9.58. The lowest BCUT2D eigenvalue weighted by Crippen LogP contribution is -2.21. The molecular weight excluding hydrogens is 279 g/mol. The molecule has 0 fully saturated rings. The summed E-state index contributed by atoms with van der Waals surface area (Å²) >= 11 is 5.12. The van der Waals surface area contributed by atoms with Crippen LogP contribution in [0.3, 0.4) is 0 Å². The van der Waals surface area contributed by atoms with E-state index in [2.05, 4.69) is 4.98 Å². The topological polar surface area (TPSA) is 58.0 Å². The van der Waals surface area contributed by atoms with Crippen molar-refractivity contribution in [3.8, 4) is 11.4 Å². The van der Waals surface area contributed by atoms with E-state index in [9.17, 15) is 14.3 Å². The van der Waals surface area contributed by atoms with E-state index in [1.54, 1.807) is 12.1 Å². The molecule has 1 aromatic heterocycles. The van der Waals surface area contributed by atoms with E-state index in [0.717, 1.165) is 4.57 Å². The number of fused-ring (bicyclic) bond motifs is 1. The molecule has 4 nitrogen and oxygen atoms in total. The summed E-state index contributed by atoms with van der Waals surface area (Å²) < 4.78 is 15.0. The van der Waals surface area contributed by atoms with Crippen LogP contribution in [0.25, 0.3) is 16.6 Å². The van der Waals surface area contributed by atoms with Crippen LogP contribution in [0.15, 0.2) is 47.3 Å². The van der Waals surface area contributed by atoms with Crippen molar-refractivity contribution >= 4 is 23.1 Å². The number of phenols is 1. The number of aromatic hydroxyl groups is 1. The Bertz CT molecular complexity index is 930. The zero-order valence-corrected chi connectivity index (χ0v) is 10.9. The summed E-state index contributed by atoms with van der Waals surface area (Å²) in [6, 6.07) is 10.2. The quantitative estimate of drug-likeness (QED) is 0.677. The molecule has 0 spiro atoms. The van der Waals surface area contributed by atoms with Crippen LogP contribution in [0.5, 0.6) is 5.75 Å². The van der Waals surface area contributed by atoms with Gasteiger partial charge in [0.05, 0.1) is 16.6 Å². The van der Waals surface area contributed by atoms with E-state index in [1.807, 2.05) is 0 Å². The van der Waals surface area contributed by atoms with Gasteiger partial charge >= 0.3 is 0 Å². The highest BCUT2D eigenvalue weighted by atomic mass is 32.1. The minimum atomic E-state index is -0.548. The van der Waals surface area contributed by atoms with Crippen LogP contribution in [0.2, 0.25) is 0 Å². The molecular formula is C14H9FN2O2S. The van der Waals surface area contributed by atoms with Crippen LogP contribution < -0.4 is 5.56 Å². The highest BCUT2D eigenvalue weighted by Crippen LogP contribution is 2.17. The van der Waals surface area contributed by atoms with Gasteiger partial charge in [0.1, 0.15) is 11.6 Å². The van der Waals surface area contributed by atoms with Crippen molar-refractivity contribution in [1.82, 2.24) is 9.55 Å². The average Bonchev–Trinajstić information content (AvgIpc) is 2.42. The standard InChI is InChI=1S/C14H9FN2O2S/c15-10-3-1-2-4-12(10)17-13(19)9-7-8(18)5-6-11(9)16-14(17)20/h1-7,18H,(H,16,20). The maximum atomic E-state index is 13.8. The summed E-state index contributed by atoms with van der Waals surface area (Å²) in [5.74, 6) is -0.589. The second-order valence-corrected chi connectivity index (χ2v) is 4.64. The molecule has 0 radical (unpaired) electrons. The Labute approximate surface area is 117 Å². The van der Waals surface area contributed by atoms with E-state index in [4.69, 9.17) is 12.2 Å². The Hall–Kier alpha value is -2.47. The lowest BCUT2D eigenvalue weighted by Gasteiger charge is -2.09. The van der Waals surface area contributed by atoms with Crippen LogP contribution in [0.1, 0.15) is 0 Å². The number of hydrogen-bond acceptors (Lipinski definition) is 3. The van der Waals surface area contributed by atoms with Crippen molar-refractivity contribution in [3.63, 3.8) is 0 Å². The molecule has 2 N–H and O–H groups in total. The summed E-state index contributed by atoms with van der Waals surface area (Å²) in [6.07, 6.45) is 0. The predicted molar refractivity (Wildman–Crippen MR) is 76.4 cm³/mol. The third kappa shape index (κ3) is 1.90. The highest BCUT2D eigenvalue weighted by Gasteiger charge is 2.11. The van der Waals surface area contributed by atoms with E-state index >= 15 is 0 Å². The number of aromatic amines is 1. The van der Waals surface area contributed by atoms with Crippen molar-refractivity contribution in [2.75, 3.05) is 0 Å². The molecule has 2 aromatic carbocycles. The first-order valence-corrected chi connectivity index (χ1v) is 6.22. The minimum absolute atomic E-state index is 0.0415. The van der Waals surface area contributed by atoms with E-state index in [1.165, 1.54) is 30.3 Å². The number of nitrogens with zero attached hydrogens (tertiary/aromatic N) is 1. The van der Waals surface area contributed by atoms with Gasteiger partial charge in [0.15, 0.2) is 4.77 Å². The third-order valence-electron chi connectivity index (χ3n) is 2.97. The second kappa shape index (κ2) is 4.57. The fraction of sp³-hybridized carbons (Fsp3) is 0. The van der Waals surface area contributed by atoms with Crippen molar-refractivity contribution in [2.24, 2.45) is 0 Å². The van der Waals surface area contributed by atoms with Crippen molar-refractivity contribution in [2.45, 2.75) is 0 Å². The number of aromatic nitrogens is 2. The van der Waals surface area contributed by atoms with Gasteiger partial charge in [-0.2, -0.15) is 0 Å². The van der Waals surface area contributed by atoms with Gasteiger partial charge in [-0.1, -0.05) is 12.1 Å². The van der Waals surface area contributed by atoms with Crippen molar-refractivity contribution < 1.29 is 9.50 Å². The number of benzene rings is 2. The smallest absolute Gasteiger partial charge is 0.266 e. The molecule has 3 rings (SSSR count). The van der Waals surface area contributed by atoms with Gasteiger partial charge in [-0.15, -0.1) is 0 Å². The van der Waals surface area contributed by atoms with Crippen LogP contribution in [0.4, 0.5) is 4.39 Å². The summed E-state index contributed by atoms with van der Waals surface area (Å²) in [4.78, 5) is 15.3. The Morgan fingerprint density at radius 2 is 1.95 bits per heavy atom. The molecule has 0 aliphatic heterocycles. The van der Waals surface area contributed by atoms with Gasteiger partial charge in [-0.3, -0.25) is 4.79 Å². The lowest BCUT2D eigenvalue weighted by molar-refractivity contribution is 0.476. The van der Waals surface area contributed by atoms with Gasteiger partial charge in [0.25, 0.3) is 5.56 Å². The molecule has 6 heteroatoms. The molecule has 0 amide bonds. The lowest BCUT2D eigenvalue weighted by atomic mass is 10.2. The van der Waals surface area contributed by atoms with Crippen molar-refractivity contribution in [1.29, 1.82) is 0 Å². The molecule has 0 saturated heterocycles. The molecule has 0 unspecified atom stereocenters. The monoisotopic (exact) mass is 288 g/mol. The summed E-state index contributed by atoms with van der Waals surface area (Å²) in [6.45, 7) is 0. The van der Waals surface area contributed by atoms with Crippen molar-refractivity contribution in [3.05, 3.63) is 63.4 Å². The van der Waals surface area contributed by atoms with Gasteiger partial charge in [-0.25, -0.2) is 8.96 Å². The summed E-state index contributed by atoms with van der Waals surface area (Å²) in [5.41, 5.74) is 0.0825. The van der Waals surface area contributed by atoms with E-state index < -0.39 is 11.4 Å². The van der Waals surface area contributed by atoms with Crippen LogP contribution in [-0.4, -0.2) is 14.7 Å². The fourth-order valence-corrected chi connectivity index (χ4v) is 2.35. The number of hydrogen-bond donors (Lipinski definition) is 2. The van der Waals surface area contributed by atoms with Gasteiger partial charge in [0.2, 0.25) is 0 Å². The number of para-hydroxylation sites is 1. The molecule has 20 heavy (non-hydrogen) atoms. The molecule has 0 aliphatic carbocycles. The van der Waals surface area contributed by atoms with Gasteiger partial charge in [0, 0.05) is 0 Å². The Balaban J connectivity index is 2.46. The zero-order chi connectivity index (χ0) is 14.3. The SMILES string of the molecule is O=c1c2cc(O)ccc2[nH]c(=S)n1-c1ccccc1F. The zero-order valence-electron chi connectivity index (χ0n) is 10.1. The van der Waals surface area contributed by atoms with Crippen LogP contribution in [-0.2, 0) is 0 Å². The number of H-pyrrole nitrogens is 1. The van der Waals surface area contributed by atoms with E-state index in [0.29, 0.717) is 5.52 Å². The summed E-state index contributed by atoms with van der Waals surface area (Å²) in [5, 5.41) is 9.72. The van der Waals surface area contributed by atoms with Gasteiger partial charge in [-0.05, 0) is 42.5 Å². The minimum Gasteiger partial charge on any atom is -0.508 e. The van der Waals surface area contributed by atoms with E-state index in [-0.39, 0.29) is 21.6 Å². The molecule has 0 bridgehead atoms. The maximum Gasteiger partial charge on any atom is 0.266 e. The first kappa shape index (κ1) is 12.6. The Morgan fingerprint density at radius 1 is 1.20 bits per heavy atom. The number of phenolic OH excluding ortho intramolecular Hbond substituents is 1. The molecule has 100 valence electrons. The number of rotatable bonds is 1. The average molecular weight is 288 g/mol. The molecule has 0 atom stereocenters. The molecule has 0 saturated carbocycles. The Morgan fingerprint density at radius 3 is 2.70 bits per heavy atom. The Kier molecular flexibility index (Phi) is 2.87. The third-order valence-corrected chi connectivity index (χ3v) is 3.26. The fourth-order valence-electron chi connectivity index (χ4n) is 2.05. The molecule has 0 aliphatic rings. The largest absolute Gasteiger partial charge is 0.508 e. The number of nitrogens with one attached hydrogen (secondary N) is 1. The highest BCUT2D eigenvalue weighted by molar-refractivity contribution is 7.71.